The van der Waals surface area contributed by atoms with E-state index >= 15 is 0 Å². The summed E-state index contributed by atoms with van der Waals surface area (Å²) in [6.45, 7) is 2.68. The molecular formula is C25H27N5OS. The summed E-state index contributed by atoms with van der Waals surface area (Å²) >= 11 is 1.53. The number of rotatable bonds is 5. The van der Waals surface area contributed by atoms with Gasteiger partial charge < -0.3 is 9.40 Å². The highest BCUT2D eigenvalue weighted by molar-refractivity contribution is 7.99. The summed E-state index contributed by atoms with van der Waals surface area (Å²) in [5, 5.41) is 1.71. The van der Waals surface area contributed by atoms with E-state index in [1.807, 2.05) is 30.3 Å². The van der Waals surface area contributed by atoms with Gasteiger partial charge in [0.05, 0.1) is 17.6 Å². The third kappa shape index (κ3) is 4.19. The van der Waals surface area contributed by atoms with Gasteiger partial charge in [0.25, 0.3) is 0 Å². The van der Waals surface area contributed by atoms with Gasteiger partial charge in [-0.05, 0) is 48.9 Å². The fraction of sp³-hybridized carbons (Fsp3) is 0.400. The van der Waals surface area contributed by atoms with E-state index in [9.17, 15) is 0 Å². The second-order valence-electron chi connectivity index (χ2n) is 8.88. The van der Waals surface area contributed by atoms with Gasteiger partial charge in [0.15, 0.2) is 10.2 Å². The summed E-state index contributed by atoms with van der Waals surface area (Å²) in [7, 11) is 0. The number of furan rings is 1. The van der Waals surface area contributed by atoms with E-state index in [-0.39, 0.29) is 0 Å². The molecule has 164 valence electrons. The molecule has 0 atom stereocenters. The Morgan fingerprint density at radius 3 is 2.88 bits per heavy atom. The third-order valence-corrected chi connectivity index (χ3v) is 7.39. The maximum absolute atomic E-state index is 6.10. The van der Waals surface area contributed by atoms with Crippen LogP contribution in [0.25, 0.3) is 11.0 Å². The average Bonchev–Trinajstić information content (AvgIpc) is 3.45. The fourth-order valence-corrected chi connectivity index (χ4v) is 5.65. The first-order valence-electron chi connectivity index (χ1n) is 11.6. The number of imidazole rings is 1. The maximum Gasteiger partial charge on any atom is 0.174 e. The summed E-state index contributed by atoms with van der Waals surface area (Å²) < 4.78 is 6.10. The van der Waals surface area contributed by atoms with Crippen molar-refractivity contribution in [3.05, 3.63) is 65.4 Å². The van der Waals surface area contributed by atoms with Crippen LogP contribution in [0.1, 0.15) is 60.9 Å². The van der Waals surface area contributed by atoms with Crippen LogP contribution in [0.3, 0.4) is 0 Å². The summed E-state index contributed by atoms with van der Waals surface area (Å²) in [5.41, 5.74) is 4.53. The van der Waals surface area contributed by atoms with Gasteiger partial charge in [-0.3, -0.25) is 4.90 Å². The second kappa shape index (κ2) is 8.71. The van der Waals surface area contributed by atoms with Crippen LogP contribution in [-0.4, -0.2) is 31.4 Å². The number of nitrogens with one attached hydrogen (secondary N) is 1. The Morgan fingerprint density at radius 1 is 1.06 bits per heavy atom. The Labute approximate surface area is 191 Å². The normalized spacial score (nSPS) is 17.6. The Balaban J connectivity index is 1.09. The van der Waals surface area contributed by atoms with Crippen molar-refractivity contribution in [3.8, 4) is 0 Å². The lowest BCUT2D eigenvalue weighted by Crippen LogP contribution is -2.31. The second-order valence-corrected chi connectivity index (χ2v) is 9.87. The molecule has 4 heterocycles. The molecule has 1 N–H and O–H groups in total. The highest BCUT2D eigenvalue weighted by Crippen LogP contribution is 2.32. The van der Waals surface area contributed by atoms with Crippen LogP contribution < -0.4 is 0 Å². The molecule has 0 unspecified atom stereocenters. The fourth-order valence-electron chi connectivity index (χ4n) is 4.87. The quantitative estimate of drug-likeness (QED) is 0.425. The summed E-state index contributed by atoms with van der Waals surface area (Å²) in [6.07, 6.45) is 9.55. The molecule has 2 aliphatic rings. The molecule has 6 rings (SSSR count). The minimum absolute atomic E-state index is 0.567. The molecule has 1 aliphatic heterocycles. The first-order valence-corrected chi connectivity index (χ1v) is 12.4. The van der Waals surface area contributed by atoms with Crippen molar-refractivity contribution in [2.45, 2.75) is 67.8 Å². The van der Waals surface area contributed by atoms with Crippen LogP contribution in [0.15, 0.2) is 57.3 Å². The maximum atomic E-state index is 6.10. The number of fused-ring (bicyclic) bond motifs is 2. The van der Waals surface area contributed by atoms with Crippen molar-refractivity contribution in [1.29, 1.82) is 0 Å². The number of nitrogens with zero attached hydrogens (tertiary/aromatic N) is 4. The molecule has 6 nitrogen and oxygen atoms in total. The van der Waals surface area contributed by atoms with Gasteiger partial charge in [-0.2, -0.15) is 0 Å². The molecule has 7 heteroatoms. The Morgan fingerprint density at radius 2 is 1.97 bits per heavy atom. The summed E-state index contributed by atoms with van der Waals surface area (Å²) in [6, 6.07) is 12.2. The standard InChI is InChI=1S/C25H27N5OS/c1-2-6-17(7-3-1)24-26-14-18-15-30(13-12-20(18)27-24)16-19-10-11-23(31-19)32-25-28-21-8-4-5-9-22(21)29-25/h4-5,8-11,14,17H,1-3,6-7,12-13,15-16H2,(H,28,29). The zero-order valence-electron chi connectivity index (χ0n) is 18.1. The van der Waals surface area contributed by atoms with Crippen LogP contribution in [-0.2, 0) is 19.5 Å². The monoisotopic (exact) mass is 445 g/mol. The van der Waals surface area contributed by atoms with Crippen molar-refractivity contribution in [3.63, 3.8) is 0 Å². The van der Waals surface area contributed by atoms with Gasteiger partial charge in [0, 0.05) is 42.9 Å². The van der Waals surface area contributed by atoms with E-state index < -0.39 is 0 Å². The van der Waals surface area contributed by atoms with Crippen molar-refractivity contribution >= 4 is 22.8 Å². The molecular weight excluding hydrogens is 418 g/mol. The number of para-hydroxylation sites is 2. The van der Waals surface area contributed by atoms with E-state index in [4.69, 9.17) is 14.4 Å². The van der Waals surface area contributed by atoms with Crippen molar-refractivity contribution in [2.24, 2.45) is 0 Å². The van der Waals surface area contributed by atoms with E-state index in [0.29, 0.717) is 5.92 Å². The van der Waals surface area contributed by atoms with Crippen molar-refractivity contribution in [2.75, 3.05) is 6.54 Å². The largest absolute Gasteiger partial charge is 0.453 e. The van der Waals surface area contributed by atoms with Crippen LogP contribution in [0, 0.1) is 0 Å². The molecule has 0 bridgehead atoms. The molecule has 1 fully saturated rings. The van der Waals surface area contributed by atoms with Crippen molar-refractivity contribution in [1.82, 2.24) is 24.8 Å². The Kier molecular flexibility index (Phi) is 5.45. The predicted octanol–water partition coefficient (Wildman–Crippen LogP) is 5.70. The van der Waals surface area contributed by atoms with Gasteiger partial charge in [-0.15, -0.1) is 0 Å². The van der Waals surface area contributed by atoms with Crippen LogP contribution in [0.5, 0.6) is 0 Å². The number of benzene rings is 1. The molecule has 1 aromatic carbocycles. The molecule has 1 saturated carbocycles. The molecule has 1 aliphatic carbocycles. The molecule has 0 saturated heterocycles. The third-order valence-electron chi connectivity index (χ3n) is 6.58. The van der Waals surface area contributed by atoms with Crippen LogP contribution >= 0.6 is 11.8 Å². The molecule has 0 amide bonds. The Hall–Kier alpha value is -2.64. The summed E-state index contributed by atoms with van der Waals surface area (Å²) in [4.78, 5) is 20.1. The van der Waals surface area contributed by atoms with Crippen LogP contribution in [0.2, 0.25) is 0 Å². The SMILES string of the molecule is c1ccc2[nH]c(Sc3ccc(CN4CCc5nc(C6CCCCC6)ncc5C4)o3)nc2c1. The number of aromatic amines is 1. The highest BCUT2D eigenvalue weighted by atomic mass is 32.2. The number of H-pyrrole nitrogens is 1. The molecule has 32 heavy (non-hydrogen) atoms. The molecule has 4 aromatic rings. The van der Waals surface area contributed by atoms with Gasteiger partial charge in [0.2, 0.25) is 0 Å². The van der Waals surface area contributed by atoms with E-state index in [1.165, 1.54) is 55.1 Å². The van der Waals surface area contributed by atoms with E-state index in [2.05, 4.69) is 27.1 Å². The first kappa shape index (κ1) is 20.0. The van der Waals surface area contributed by atoms with E-state index in [1.54, 1.807) is 0 Å². The summed E-state index contributed by atoms with van der Waals surface area (Å²) in [5.74, 6) is 2.62. The number of hydrogen-bond donors (Lipinski definition) is 1. The van der Waals surface area contributed by atoms with Crippen molar-refractivity contribution < 1.29 is 4.42 Å². The zero-order valence-corrected chi connectivity index (χ0v) is 18.9. The lowest BCUT2D eigenvalue weighted by molar-refractivity contribution is 0.217. The molecule has 3 aromatic heterocycles. The number of hydrogen-bond acceptors (Lipinski definition) is 6. The van der Waals surface area contributed by atoms with Gasteiger partial charge in [-0.25, -0.2) is 15.0 Å². The lowest BCUT2D eigenvalue weighted by atomic mass is 9.88. The van der Waals surface area contributed by atoms with Gasteiger partial charge >= 0.3 is 0 Å². The minimum atomic E-state index is 0.567. The Bertz CT molecular complexity index is 1190. The minimum Gasteiger partial charge on any atom is -0.453 e. The van der Waals surface area contributed by atoms with E-state index in [0.717, 1.165) is 58.9 Å². The average molecular weight is 446 g/mol. The number of aromatic nitrogens is 4. The topological polar surface area (TPSA) is 70.8 Å². The van der Waals surface area contributed by atoms with Gasteiger partial charge in [-0.1, -0.05) is 31.4 Å². The predicted molar refractivity (Wildman–Crippen MR) is 125 cm³/mol. The van der Waals surface area contributed by atoms with Gasteiger partial charge in [0.1, 0.15) is 11.6 Å². The zero-order chi connectivity index (χ0) is 21.3. The lowest BCUT2D eigenvalue weighted by Gasteiger charge is -2.28. The highest BCUT2D eigenvalue weighted by Gasteiger charge is 2.23. The first-order chi connectivity index (χ1) is 15.8. The molecule has 0 radical (unpaired) electrons. The molecule has 0 spiro atoms. The smallest absolute Gasteiger partial charge is 0.174 e. The van der Waals surface area contributed by atoms with Crippen LogP contribution in [0.4, 0.5) is 0 Å².